The summed E-state index contributed by atoms with van der Waals surface area (Å²) >= 11 is 7.43. The fraction of sp³-hybridized carbons (Fsp3) is 0.286. The molecule has 2 heterocycles. The summed E-state index contributed by atoms with van der Waals surface area (Å²) in [6.45, 7) is 2.44. The summed E-state index contributed by atoms with van der Waals surface area (Å²) in [5, 5.41) is 3.27. The molecule has 104 valence electrons. The number of benzene rings is 1. The Kier molecular flexibility index (Phi) is 4.00. The molecule has 1 aliphatic heterocycles. The van der Waals surface area contributed by atoms with Crippen LogP contribution in [0.2, 0.25) is 5.02 Å². The van der Waals surface area contributed by atoms with Crippen LogP contribution in [0.5, 0.6) is 0 Å². The van der Waals surface area contributed by atoms with Crippen molar-refractivity contribution in [2.75, 3.05) is 26.3 Å². The molecule has 0 unspecified atom stereocenters. The fourth-order valence-corrected chi connectivity index (χ4v) is 3.04. The number of hydrogen-bond donors (Lipinski definition) is 0. The van der Waals surface area contributed by atoms with Crippen molar-refractivity contribution in [1.82, 2.24) is 9.88 Å². The number of rotatable bonds is 2. The summed E-state index contributed by atoms with van der Waals surface area (Å²) in [4.78, 5) is 18.5. The van der Waals surface area contributed by atoms with Crippen molar-refractivity contribution in [3.05, 3.63) is 40.4 Å². The van der Waals surface area contributed by atoms with Crippen LogP contribution < -0.4 is 0 Å². The second kappa shape index (κ2) is 5.91. The van der Waals surface area contributed by atoms with Crippen LogP contribution in [0.25, 0.3) is 10.6 Å². The smallest absolute Gasteiger partial charge is 0.273 e. The Balaban J connectivity index is 1.81. The third kappa shape index (κ3) is 2.85. The Bertz CT molecular complexity index is 623. The number of aromatic nitrogens is 1. The molecule has 1 fully saturated rings. The zero-order valence-corrected chi connectivity index (χ0v) is 12.3. The third-order valence-electron chi connectivity index (χ3n) is 3.09. The lowest BCUT2D eigenvalue weighted by Gasteiger charge is -2.25. The summed E-state index contributed by atoms with van der Waals surface area (Å²) in [6, 6.07) is 7.48. The molecule has 20 heavy (non-hydrogen) atoms. The van der Waals surface area contributed by atoms with Gasteiger partial charge in [-0.05, 0) is 12.1 Å². The van der Waals surface area contributed by atoms with E-state index in [0.717, 1.165) is 10.6 Å². The zero-order valence-electron chi connectivity index (χ0n) is 10.7. The molecular weight excluding hydrogens is 296 g/mol. The van der Waals surface area contributed by atoms with Gasteiger partial charge < -0.3 is 9.64 Å². The fourth-order valence-electron chi connectivity index (χ4n) is 2.05. The number of morpholine rings is 1. The van der Waals surface area contributed by atoms with E-state index in [4.69, 9.17) is 16.3 Å². The first kappa shape index (κ1) is 13.5. The van der Waals surface area contributed by atoms with E-state index in [1.807, 2.05) is 24.3 Å². The minimum absolute atomic E-state index is 0.0298. The molecule has 0 radical (unpaired) electrons. The number of hydrogen-bond acceptors (Lipinski definition) is 4. The van der Waals surface area contributed by atoms with E-state index in [1.54, 1.807) is 10.3 Å². The predicted octanol–water partition coefficient (Wildman–Crippen LogP) is 2.94. The molecule has 3 rings (SSSR count). The first-order chi connectivity index (χ1) is 9.74. The highest BCUT2D eigenvalue weighted by molar-refractivity contribution is 7.13. The molecule has 2 aromatic rings. The molecule has 0 atom stereocenters. The van der Waals surface area contributed by atoms with Crippen molar-refractivity contribution in [3.8, 4) is 10.6 Å². The van der Waals surface area contributed by atoms with Crippen LogP contribution in [0, 0.1) is 0 Å². The number of ether oxygens (including phenoxy) is 1. The van der Waals surface area contributed by atoms with E-state index in [9.17, 15) is 4.79 Å². The summed E-state index contributed by atoms with van der Waals surface area (Å²) < 4.78 is 5.25. The Morgan fingerprint density at radius 1 is 1.35 bits per heavy atom. The van der Waals surface area contributed by atoms with Crippen LogP contribution in [0.4, 0.5) is 0 Å². The van der Waals surface area contributed by atoms with Gasteiger partial charge in [-0.25, -0.2) is 4.98 Å². The van der Waals surface area contributed by atoms with Gasteiger partial charge in [0.25, 0.3) is 5.91 Å². The number of carbonyl (C=O) groups excluding carboxylic acids is 1. The minimum Gasteiger partial charge on any atom is -0.378 e. The van der Waals surface area contributed by atoms with Crippen molar-refractivity contribution < 1.29 is 9.53 Å². The third-order valence-corrected chi connectivity index (χ3v) is 4.22. The largest absolute Gasteiger partial charge is 0.378 e. The van der Waals surface area contributed by atoms with Crippen LogP contribution in [0.15, 0.2) is 29.6 Å². The quantitative estimate of drug-likeness (QED) is 0.856. The van der Waals surface area contributed by atoms with Crippen LogP contribution >= 0.6 is 22.9 Å². The van der Waals surface area contributed by atoms with Gasteiger partial charge in [-0.3, -0.25) is 4.79 Å². The molecule has 0 bridgehead atoms. The molecule has 1 aromatic heterocycles. The van der Waals surface area contributed by atoms with Crippen LogP contribution in [0.1, 0.15) is 10.5 Å². The topological polar surface area (TPSA) is 42.4 Å². The molecule has 0 spiro atoms. The normalized spacial score (nSPS) is 15.3. The Morgan fingerprint density at radius 3 is 2.90 bits per heavy atom. The summed E-state index contributed by atoms with van der Waals surface area (Å²) in [7, 11) is 0. The first-order valence-corrected chi connectivity index (χ1v) is 7.58. The van der Waals surface area contributed by atoms with E-state index in [-0.39, 0.29) is 5.91 Å². The molecule has 0 aliphatic carbocycles. The average molecular weight is 309 g/mol. The van der Waals surface area contributed by atoms with Crippen LogP contribution in [0.3, 0.4) is 0 Å². The van der Waals surface area contributed by atoms with Gasteiger partial charge in [0.05, 0.1) is 13.2 Å². The lowest BCUT2D eigenvalue weighted by atomic mass is 10.2. The van der Waals surface area contributed by atoms with Crippen molar-refractivity contribution in [1.29, 1.82) is 0 Å². The maximum atomic E-state index is 12.3. The van der Waals surface area contributed by atoms with Gasteiger partial charge in [0.15, 0.2) is 0 Å². The maximum absolute atomic E-state index is 12.3. The number of nitrogens with zero attached hydrogens (tertiary/aromatic N) is 2. The van der Waals surface area contributed by atoms with E-state index in [1.165, 1.54) is 11.3 Å². The molecule has 4 nitrogen and oxygen atoms in total. The molecule has 1 aromatic carbocycles. The van der Waals surface area contributed by atoms with E-state index in [0.29, 0.717) is 37.0 Å². The van der Waals surface area contributed by atoms with Gasteiger partial charge in [0.2, 0.25) is 0 Å². The first-order valence-electron chi connectivity index (χ1n) is 6.32. The van der Waals surface area contributed by atoms with Gasteiger partial charge in [-0.1, -0.05) is 23.7 Å². The van der Waals surface area contributed by atoms with E-state index >= 15 is 0 Å². The highest BCUT2D eigenvalue weighted by atomic mass is 35.5. The highest BCUT2D eigenvalue weighted by Gasteiger charge is 2.21. The highest BCUT2D eigenvalue weighted by Crippen LogP contribution is 2.26. The van der Waals surface area contributed by atoms with Gasteiger partial charge in [0.1, 0.15) is 10.7 Å². The second-order valence-corrected chi connectivity index (χ2v) is 5.75. The SMILES string of the molecule is O=C(c1csc(-c2cccc(Cl)c2)n1)N1CCOCC1. The maximum Gasteiger partial charge on any atom is 0.273 e. The van der Waals surface area contributed by atoms with Gasteiger partial charge >= 0.3 is 0 Å². The van der Waals surface area contributed by atoms with Crippen LogP contribution in [-0.4, -0.2) is 42.1 Å². The predicted molar refractivity (Wildman–Crippen MR) is 79.3 cm³/mol. The van der Waals surface area contributed by atoms with Crippen molar-refractivity contribution >= 4 is 28.8 Å². The lowest BCUT2D eigenvalue weighted by Crippen LogP contribution is -2.40. The molecule has 6 heteroatoms. The minimum atomic E-state index is -0.0298. The Labute approximate surface area is 126 Å². The van der Waals surface area contributed by atoms with Crippen molar-refractivity contribution in [3.63, 3.8) is 0 Å². The van der Waals surface area contributed by atoms with Gasteiger partial charge in [0, 0.05) is 29.1 Å². The number of thiazole rings is 1. The van der Waals surface area contributed by atoms with Gasteiger partial charge in [-0.15, -0.1) is 11.3 Å². The van der Waals surface area contributed by atoms with Crippen molar-refractivity contribution in [2.45, 2.75) is 0 Å². The molecule has 1 amide bonds. The van der Waals surface area contributed by atoms with Gasteiger partial charge in [-0.2, -0.15) is 0 Å². The molecule has 1 saturated heterocycles. The average Bonchev–Trinajstić information content (AvgIpc) is 2.97. The molecule has 1 aliphatic rings. The van der Waals surface area contributed by atoms with Crippen molar-refractivity contribution in [2.24, 2.45) is 0 Å². The lowest BCUT2D eigenvalue weighted by molar-refractivity contribution is 0.0299. The number of halogens is 1. The second-order valence-electron chi connectivity index (χ2n) is 4.45. The van der Waals surface area contributed by atoms with E-state index < -0.39 is 0 Å². The standard InChI is InChI=1S/C14H13ClN2O2S/c15-11-3-1-2-10(8-11)13-16-12(9-20-13)14(18)17-4-6-19-7-5-17/h1-3,8-9H,4-7H2. The summed E-state index contributed by atoms with van der Waals surface area (Å²) in [6.07, 6.45) is 0. The molecule has 0 saturated carbocycles. The number of amides is 1. The summed E-state index contributed by atoms with van der Waals surface area (Å²) in [5.74, 6) is -0.0298. The Morgan fingerprint density at radius 2 is 2.15 bits per heavy atom. The molecule has 0 N–H and O–H groups in total. The zero-order chi connectivity index (χ0) is 13.9. The monoisotopic (exact) mass is 308 g/mol. The Hall–Kier alpha value is -1.43. The molecular formula is C14H13ClN2O2S. The number of carbonyl (C=O) groups is 1. The van der Waals surface area contributed by atoms with E-state index in [2.05, 4.69) is 4.98 Å². The summed E-state index contributed by atoms with van der Waals surface area (Å²) in [5.41, 5.74) is 1.43. The van der Waals surface area contributed by atoms with Crippen LogP contribution in [-0.2, 0) is 4.74 Å².